The number of anilines is 2. The van der Waals surface area contributed by atoms with Crippen LogP contribution in [0.25, 0.3) is 10.9 Å². The molecule has 3 rings (SSSR count). The lowest BCUT2D eigenvalue weighted by Crippen LogP contribution is -2.20. The van der Waals surface area contributed by atoms with E-state index in [4.69, 9.17) is 14.2 Å². The van der Waals surface area contributed by atoms with Crippen LogP contribution < -0.4 is 24.2 Å². The Kier molecular flexibility index (Phi) is 5.71. The molecule has 0 atom stereocenters. The van der Waals surface area contributed by atoms with E-state index >= 15 is 0 Å². The lowest BCUT2D eigenvalue weighted by Gasteiger charge is -2.16. The Morgan fingerprint density at radius 1 is 0.966 bits per heavy atom. The number of hydrogen-bond acceptors (Lipinski definition) is 8. The maximum Gasteiger partial charge on any atom is 0.243 e. The van der Waals surface area contributed by atoms with Crippen LogP contribution in [0.1, 0.15) is 0 Å². The Balaban J connectivity index is 2.20. The maximum atomic E-state index is 14.3. The van der Waals surface area contributed by atoms with Crippen LogP contribution in [0, 0.1) is 5.82 Å². The smallest absolute Gasteiger partial charge is 0.243 e. The van der Waals surface area contributed by atoms with Crippen molar-refractivity contribution in [1.29, 1.82) is 0 Å². The molecule has 0 aliphatic heterocycles. The molecular weight excluding hydrogens is 403 g/mol. The van der Waals surface area contributed by atoms with Gasteiger partial charge in [-0.25, -0.2) is 27.5 Å². The monoisotopic (exact) mass is 422 g/mol. The van der Waals surface area contributed by atoms with Crippen molar-refractivity contribution in [2.24, 2.45) is 0 Å². The molecule has 11 heteroatoms. The van der Waals surface area contributed by atoms with E-state index in [1.807, 2.05) is 0 Å². The van der Waals surface area contributed by atoms with Gasteiger partial charge in [0, 0.05) is 18.2 Å². The highest BCUT2D eigenvalue weighted by molar-refractivity contribution is 7.89. The molecule has 0 amide bonds. The van der Waals surface area contributed by atoms with Crippen molar-refractivity contribution < 1.29 is 27.0 Å². The van der Waals surface area contributed by atoms with Crippen molar-refractivity contribution in [1.82, 2.24) is 14.7 Å². The van der Waals surface area contributed by atoms with Gasteiger partial charge in [-0.05, 0) is 13.1 Å². The molecule has 2 N–H and O–H groups in total. The predicted octanol–water partition coefficient (Wildman–Crippen LogP) is 2.45. The highest BCUT2D eigenvalue weighted by Crippen LogP contribution is 2.38. The molecule has 0 saturated heterocycles. The average molecular weight is 422 g/mol. The van der Waals surface area contributed by atoms with Crippen LogP contribution in [0.4, 0.5) is 15.9 Å². The second-order valence-corrected chi connectivity index (χ2v) is 7.62. The zero-order valence-corrected chi connectivity index (χ0v) is 16.9. The fourth-order valence-electron chi connectivity index (χ4n) is 2.75. The number of methoxy groups -OCH3 is 3. The summed E-state index contributed by atoms with van der Waals surface area (Å²) in [7, 11) is 1.52. The van der Waals surface area contributed by atoms with E-state index in [1.54, 1.807) is 12.1 Å². The molecule has 0 bridgehead atoms. The first-order valence-corrected chi connectivity index (χ1v) is 9.77. The lowest BCUT2D eigenvalue weighted by molar-refractivity contribution is 0.398. The summed E-state index contributed by atoms with van der Waals surface area (Å²) < 4.78 is 56.5. The van der Waals surface area contributed by atoms with E-state index in [1.165, 1.54) is 34.7 Å². The second kappa shape index (κ2) is 8.05. The number of nitrogens with zero attached hydrogens (tertiary/aromatic N) is 2. The van der Waals surface area contributed by atoms with Crippen LogP contribution in [0.15, 0.2) is 35.5 Å². The van der Waals surface area contributed by atoms with Gasteiger partial charge in [-0.1, -0.05) is 0 Å². The van der Waals surface area contributed by atoms with E-state index in [9.17, 15) is 12.8 Å². The Morgan fingerprint density at radius 2 is 1.69 bits per heavy atom. The van der Waals surface area contributed by atoms with Gasteiger partial charge in [0.05, 0.1) is 37.9 Å². The summed E-state index contributed by atoms with van der Waals surface area (Å²) in [5.41, 5.74) is 0.725. The van der Waals surface area contributed by atoms with Gasteiger partial charge in [-0.15, -0.1) is 0 Å². The number of ether oxygens (including phenoxy) is 3. The first-order valence-electron chi connectivity index (χ1n) is 8.29. The molecule has 0 aliphatic rings. The normalized spacial score (nSPS) is 11.3. The molecule has 0 aliphatic carbocycles. The molecule has 154 valence electrons. The number of aromatic nitrogens is 2. The topological polar surface area (TPSA) is 112 Å². The number of halogens is 1. The van der Waals surface area contributed by atoms with Crippen molar-refractivity contribution in [3.63, 3.8) is 0 Å². The molecular formula is C18H19FN4O5S. The van der Waals surface area contributed by atoms with Crippen molar-refractivity contribution in [2.45, 2.75) is 4.90 Å². The first-order chi connectivity index (χ1) is 13.8. The zero-order chi connectivity index (χ0) is 21.2. The fourth-order valence-corrected chi connectivity index (χ4v) is 3.56. The zero-order valence-electron chi connectivity index (χ0n) is 16.1. The number of fused-ring (bicyclic) bond motifs is 1. The summed E-state index contributed by atoms with van der Waals surface area (Å²) in [4.78, 5) is 7.91. The Bertz CT molecular complexity index is 1170. The van der Waals surface area contributed by atoms with Crippen LogP contribution in [-0.2, 0) is 10.0 Å². The van der Waals surface area contributed by atoms with Crippen LogP contribution in [0.2, 0.25) is 0 Å². The van der Waals surface area contributed by atoms with Crippen LogP contribution in [0.5, 0.6) is 17.2 Å². The van der Waals surface area contributed by atoms with Gasteiger partial charge < -0.3 is 19.5 Å². The minimum Gasteiger partial charge on any atom is -0.497 e. The summed E-state index contributed by atoms with van der Waals surface area (Å²) in [5.74, 6) is 0.438. The molecule has 0 radical (unpaired) electrons. The maximum absolute atomic E-state index is 14.3. The molecule has 9 nitrogen and oxygen atoms in total. The van der Waals surface area contributed by atoms with Crippen LogP contribution in [0.3, 0.4) is 0 Å². The standard InChI is InChI=1S/C18H19FN4O5S/c1-20-29(24,25)16-8-12(14(27-3)7-11(16)19)23-18-17-13(21-9-22-18)5-10(26-2)6-15(17)28-4/h5-9,20H,1-4H3,(H,21,22,23). The van der Waals surface area contributed by atoms with Crippen LogP contribution in [-0.4, -0.2) is 46.8 Å². The van der Waals surface area contributed by atoms with Crippen molar-refractivity contribution in [3.8, 4) is 17.2 Å². The SMILES string of the molecule is CNS(=O)(=O)c1cc(Nc2ncnc3cc(OC)cc(OC)c23)c(OC)cc1F. The Hall–Kier alpha value is -3.18. The predicted molar refractivity (Wildman–Crippen MR) is 105 cm³/mol. The third-order valence-corrected chi connectivity index (χ3v) is 5.63. The number of sulfonamides is 1. The minimum absolute atomic E-state index is 0.0943. The highest BCUT2D eigenvalue weighted by Gasteiger charge is 2.22. The van der Waals surface area contributed by atoms with Gasteiger partial charge in [-0.3, -0.25) is 0 Å². The molecule has 29 heavy (non-hydrogen) atoms. The summed E-state index contributed by atoms with van der Waals surface area (Å²) in [6.45, 7) is 0. The molecule has 0 saturated carbocycles. The first kappa shape index (κ1) is 20.6. The average Bonchev–Trinajstić information content (AvgIpc) is 2.73. The van der Waals surface area contributed by atoms with Gasteiger partial charge >= 0.3 is 0 Å². The molecule has 0 spiro atoms. The number of rotatable bonds is 7. The summed E-state index contributed by atoms with van der Waals surface area (Å²) in [6.07, 6.45) is 1.32. The van der Waals surface area contributed by atoms with Crippen LogP contribution >= 0.6 is 0 Å². The number of benzene rings is 2. The van der Waals surface area contributed by atoms with Gasteiger partial charge in [0.25, 0.3) is 0 Å². The molecule has 1 aromatic heterocycles. The third kappa shape index (κ3) is 3.87. The van der Waals surface area contributed by atoms with Gasteiger partial charge in [0.15, 0.2) is 0 Å². The number of hydrogen-bond donors (Lipinski definition) is 2. The third-order valence-electron chi connectivity index (χ3n) is 4.20. The summed E-state index contributed by atoms with van der Waals surface area (Å²) >= 11 is 0. The molecule has 1 heterocycles. The largest absolute Gasteiger partial charge is 0.497 e. The quantitative estimate of drug-likeness (QED) is 0.597. The Labute approximate surface area is 166 Å². The Morgan fingerprint density at radius 3 is 2.31 bits per heavy atom. The van der Waals surface area contributed by atoms with Crippen molar-refractivity contribution >= 4 is 32.4 Å². The summed E-state index contributed by atoms with van der Waals surface area (Å²) in [6, 6.07) is 5.47. The van der Waals surface area contributed by atoms with E-state index in [-0.39, 0.29) is 11.4 Å². The van der Waals surface area contributed by atoms with E-state index in [2.05, 4.69) is 20.0 Å². The second-order valence-electron chi connectivity index (χ2n) is 5.76. The van der Waals surface area contributed by atoms with Gasteiger partial charge in [0.2, 0.25) is 10.0 Å². The van der Waals surface area contributed by atoms with E-state index in [0.29, 0.717) is 28.2 Å². The fraction of sp³-hybridized carbons (Fsp3) is 0.222. The van der Waals surface area contributed by atoms with Crippen molar-refractivity contribution in [3.05, 3.63) is 36.4 Å². The van der Waals surface area contributed by atoms with E-state index < -0.39 is 20.7 Å². The summed E-state index contributed by atoms with van der Waals surface area (Å²) in [5, 5.41) is 3.51. The van der Waals surface area contributed by atoms with Gasteiger partial charge in [-0.2, -0.15) is 0 Å². The number of nitrogens with one attached hydrogen (secondary N) is 2. The highest BCUT2D eigenvalue weighted by atomic mass is 32.2. The molecule has 0 fully saturated rings. The van der Waals surface area contributed by atoms with E-state index in [0.717, 1.165) is 12.1 Å². The molecule has 2 aromatic carbocycles. The minimum atomic E-state index is -4.03. The molecule has 0 unspecified atom stereocenters. The lowest BCUT2D eigenvalue weighted by atomic mass is 10.2. The molecule has 3 aromatic rings. The van der Waals surface area contributed by atoms with Gasteiger partial charge in [0.1, 0.15) is 40.1 Å². The van der Waals surface area contributed by atoms with Crippen molar-refractivity contribution in [2.75, 3.05) is 33.7 Å².